The summed E-state index contributed by atoms with van der Waals surface area (Å²) in [6, 6.07) is 8.86. The molecular weight excluding hydrogens is 230 g/mol. The van der Waals surface area contributed by atoms with Crippen molar-refractivity contribution in [3.63, 3.8) is 0 Å². The van der Waals surface area contributed by atoms with E-state index in [2.05, 4.69) is 15.1 Å². The van der Waals surface area contributed by atoms with Crippen LogP contribution in [-0.4, -0.2) is 20.2 Å². The summed E-state index contributed by atoms with van der Waals surface area (Å²) in [5.41, 5.74) is 2.50. The van der Waals surface area contributed by atoms with Crippen molar-refractivity contribution >= 4 is 0 Å². The zero-order valence-corrected chi connectivity index (χ0v) is 9.32. The first-order valence-corrected chi connectivity index (χ1v) is 5.34. The molecule has 5 nitrogen and oxygen atoms in total. The van der Waals surface area contributed by atoms with Crippen LogP contribution in [0.2, 0.25) is 0 Å². The second-order valence-electron chi connectivity index (χ2n) is 3.76. The lowest BCUT2D eigenvalue weighted by molar-refractivity contribution is 0.430. The SMILES string of the molecule is Oc1cccc(-c2cncc(-c3ncno3)c2)c1. The van der Waals surface area contributed by atoms with Gasteiger partial charge in [0.2, 0.25) is 0 Å². The molecule has 0 aliphatic rings. The summed E-state index contributed by atoms with van der Waals surface area (Å²) in [7, 11) is 0. The summed E-state index contributed by atoms with van der Waals surface area (Å²) in [5.74, 6) is 0.639. The molecule has 3 aromatic rings. The molecule has 1 aromatic carbocycles. The van der Waals surface area contributed by atoms with Crippen molar-refractivity contribution in [1.82, 2.24) is 15.1 Å². The van der Waals surface area contributed by atoms with E-state index in [1.165, 1.54) is 6.33 Å². The van der Waals surface area contributed by atoms with Crippen molar-refractivity contribution < 1.29 is 9.63 Å². The van der Waals surface area contributed by atoms with Crippen molar-refractivity contribution in [1.29, 1.82) is 0 Å². The largest absolute Gasteiger partial charge is 0.508 e. The number of phenols is 1. The number of hydrogen-bond donors (Lipinski definition) is 1. The molecule has 2 aromatic heterocycles. The molecule has 0 atom stereocenters. The number of benzene rings is 1. The monoisotopic (exact) mass is 239 g/mol. The Morgan fingerprint density at radius 2 is 1.89 bits per heavy atom. The first-order valence-electron chi connectivity index (χ1n) is 5.34. The van der Waals surface area contributed by atoms with E-state index in [9.17, 15) is 5.11 Å². The molecule has 0 radical (unpaired) electrons. The lowest BCUT2D eigenvalue weighted by Gasteiger charge is -2.03. The van der Waals surface area contributed by atoms with Gasteiger partial charge in [0.05, 0.1) is 5.56 Å². The van der Waals surface area contributed by atoms with Gasteiger partial charge >= 0.3 is 0 Å². The quantitative estimate of drug-likeness (QED) is 0.743. The van der Waals surface area contributed by atoms with Crippen molar-refractivity contribution in [3.05, 3.63) is 49.1 Å². The second kappa shape index (κ2) is 4.29. The zero-order chi connectivity index (χ0) is 12.4. The van der Waals surface area contributed by atoms with Crippen LogP contribution in [0.1, 0.15) is 0 Å². The molecule has 88 valence electrons. The summed E-state index contributed by atoms with van der Waals surface area (Å²) < 4.78 is 4.98. The average Bonchev–Trinajstić information content (AvgIpc) is 2.93. The number of aromatic hydroxyl groups is 1. The molecular formula is C13H9N3O2. The van der Waals surface area contributed by atoms with Gasteiger partial charge in [-0.15, -0.1) is 0 Å². The van der Waals surface area contributed by atoms with Crippen LogP contribution in [0.5, 0.6) is 5.75 Å². The van der Waals surface area contributed by atoms with Gasteiger partial charge in [0.25, 0.3) is 5.89 Å². The Morgan fingerprint density at radius 3 is 2.67 bits per heavy atom. The van der Waals surface area contributed by atoms with E-state index < -0.39 is 0 Å². The van der Waals surface area contributed by atoms with E-state index >= 15 is 0 Å². The fourth-order valence-corrected chi connectivity index (χ4v) is 1.70. The van der Waals surface area contributed by atoms with Crippen LogP contribution in [0.3, 0.4) is 0 Å². The molecule has 1 N–H and O–H groups in total. The third-order valence-electron chi connectivity index (χ3n) is 2.53. The summed E-state index contributed by atoms with van der Waals surface area (Å²) in [6.45, 7) is 0. The summed E-state index contributed by atoms with van der Waals surface area (Å²) in [6.07, 6.45) is 4.71. The van der Waals surface area contributed by atoms with Gasteiger partial charge in [-0.1, -0.05) is 17.3 Å². The van der Waals surface area contributed by atoms with E-state index in [-0.39, 0.29) is 5.75 Å². The highest BCUT2D eigenvalue weighted by atomic mass is 16.5. The Morgan fingerprint density at radius 1 is 1.00 bits per heavy atom. The van der Waals surface area contributed by atoms with Crippen LogP contribution in [0, 0.1) is 0 Å². The molecule has 0 saturated heterocycles. The van der Waals surface area contributed by atoms with E-state index in [0.29, 0.717) is 5.89 Å². The minimum atomic E-state index is 0.218. The van der Waals surface area contributed by atoms with Crippen molar-refractivity contribution in [2.24, 2.45) is 0 Å². The van der Waals surface area contributed by atoms with E-state index in [1.807, 2.05) is 12.1 Å². The topological polar surface area (TPSA) is 72.0 Å². The Balaban J connectivity index is 2.06. The summed E-state index contributed by atoms with van der Waals surface area (Å²) >= 11 is 0. The van der Waals surface area contributed by atoms with E-state index in [1.54, 1.807) is 30.6 Å². The highest BCUT2D eigenvalue weighted by molar-refractivity contribution is 5.69. The average molecular weight is 239 g/mol. The lowest BCUT2D eigenvalue weighted by atomic mass is 10.1. The number of aromatic nitrogens is 3. The number of phenolic OH excluding ortho intramolecular Hbond substituents is 1. The molecule has 0 aliphatic heterocycles. The van der Waals surface area contributed by atoms with Crippen LogP contribution in [0.15, 0.2) is 53.6 Å². The van der Waals surface area contributed by atoms with Crippen LogP contribution < -0.4 is 0 Å². The van der Waals surface area contributed by atoms with Gasteiger partial charge in [-0.3, -0.25) is 4.98 Å². The fraction of sp³-hybridized carbons (Fsp3) is 0. The fourth-order valence-electron chi connectivity index (χ4n) is 1.70. The molecule has 0 aliphatic carbocycles. The maximum atomic E-state index is 9.47. The van der Waals surface area contributed by atoms with Gasteiger partial charge in [0.1, 0.15) is 5.75 Å². The molecule has 0 spiro atoms. The predicted molar refractivity (Wildman–Crippen MR) is 64.6 cm³/mol. The Kier molecular flexibility index (Phi) is 2.49. The van der Waals surface area contributed by atoms with Gasteiger partial charge < -0.3 is 9.63 Å². The minimum absolute atomic E-state index is 0.218. The minimum Gasteiger partial charge on any atom is -0.508 e. The van der Waals surface area contributed by atoms with Crippen LogP contribution >= 0.6 is 0 Å². The zero-order valence-electron chi connectivity index (χ0n) is 9.32. The summed E-state index contributed by atoms with van der Waals surface area (Å²) in [4.78, 5) is 8.11. The number of nitrogens with zero attached hydrogens (tertiary/aromatic N) is 3. The highest BCUT2D eigenvalue weighted by Crippen LogP contribution is 2.25. The van der Waals surface area contributed by atoms with Crippen molar-refractivity contribution in [3.8, 4) is 28.3 Å². The third-order valence-corrected chi connectivity index (χ3v) is 2.53. The number of pyridine rings is 1. The molecule has 0 fully saturated rings. The Hall–Kier alpha value is -2.69. The molecule has 3 rings (SSSR count). The molecule has 0 amide bonds. The molecule has 0 saturated carbocycles. The van der Waals surface area contributed by atoms with E-state index in [0.717, 1.165) is 16.7 Å². The first-order chi connectivity index (χ1) is 8.83. The smallest absolute Gasteiger partial charge is 0.259 e. The van der Waals surface area contributed by atoms with Crippen LogP contribution in [-0.2, 0) is 0 Å². The molecule has 5 heteroatoms. The Bertz CT molecular complexity index is 666. The standard InChI is InChI=1S/C13H9N3O2/c17-12-3-1-2-9(5-12)10-4-11(7-14-6-10)13-15-8-16-18-13/h1-8,17H. The van der Waals surface area contributed by atoms with Gasteiger partial charge in [-0.2, -0.15) is 4.98 Å². The predicted octanol–water partition coefficient (Wildman–Crippen LogP) is 2.50. The molecule has 18 heavy (non-hydrogen) atoms. The van der Waals surface area contributed by atoms with Gasteiger partial charge in [-0.25, -0.2) is 0 Å². The van der Waals surface area contributed by atoms with Crippen LogP contribution in [0.4, 0.5) is 0 Å². The normalized spacial score (nSPS) is 10.4. The highest BCUT2D eigenvalue weighted by Gasteiger charge is 2.06. The maximum absolute atomic E-state index is 9.47. The Labute approximate surface area is 103 Å². The number of rotatable bonds is 2. The first kappa shape index (κ1) is 10.5. The van der Waals surface area contributed by atoms with E-state index in [4.69, 9.17) is 4.52 Å². The molecule has 0 unspecified atom stereocenters. The maximum Gasteiger partial charge on any atom is 0.259 e. The van der Waals surface area contributed by atoms with Crippen molar-refractivity contribution in [2.45, 2.75) is 0 Å². The van der Waals surface area contributed by atoms with Gasteiger partial charge in [-0.05, 0) is 23.8 Å². The van der Waals surface area contributed by atoms with Gasteiger partial charge in [0.15, 0.2) is 6.33 Å². The summed E-state index contributed by atoms with van der Waals surface area (Å²) in [5, 5.41) is 13.0. The number of hydrogen-bond acceptors (Lipinski definition) is 5. The van der Waals surface area contributed by atoms with Crippen LogP contribution in [0.25, 0.3) is 22.6 Å². The molecule has 0 bridgehead atoms. The van der Waals surface area contributed by atoms with Gasteiger partial charge in [0, 0.05) is 18.0 Å². The molecule has 2 heterocycles. The van der Waals surface area contributed by atoms with Crippen molar-refractivity contribution in [2.75, 3.05) is 0 Å². The lowest BCUT2D eigenvalue weighted by Crippen LogP contribution is -1.84. The second-order valence-corrected chi connectivity index (χ2v) is 3.76. The third kappa shape index (κ3) is 1.93.